The van der Waals surface area contributed by atoms with Gasteiger partial charge in [0.2, 0.25) is 0 Å². The normalized spacial score (nSPS) is 18.5. The van der Waals surface area contributed by atoms with E-state index in [2.05, 4.69) is 15.9 Å². The van der Waals surface area contributed by atoms with Crippen molar-refractivity contribution >= 4 is 21.6 Å². The van der Waals surface area contributed by atoms with Crippen molar-refractivity contribution in [2.75, 3.05) is 13.2 Å². The Morgan fingerprint density at radius 3 is 3.00 bits per heavy atom. The fraction of sp³-hybridized carbons (Fsp3) is 0.538. The van der Waals surface area contributed by atoms with E-state index in [0.29, 0.717) is 17.7 Å². The molecule has 0 aromatic heterocycles. The molecule has 1 aromatic carbocycles. The summed E-state index contributed by atoms with van der Waals surface area (Å²) in [4.78, 5) is 10.6. The topological polar surface area (TPSA) is 61.6 Å². The predicted octanol–water partition coefficient (Wildman–Crippen LogP) is 3.44. The van der Waals surface area contributed by atoms with E-state index in [1.165, 1.54) is 6.07 Å². The summed E-state index contributed by atoms with van der Waals surface area (Å²) in [7, 11) is 0. The average molecular weight is 330 g/mol. The number of benzene rings is 1. The molecule has 1 atom stereocenters. The van der Waals surface area contributed by atoms with Gasteiger partial charge < -0.3 is 9.47 Å². The molecular weight excluding hydrogens is 314 g/mol. The minimum Gasteiger partial charge on any atom is -0.487 e. The van der Waals surface area contributed by atoms with Crippen LogP contribution in [-0.4, -0.2) is 24.2 Å². The third kappa shape index (κ3) is 3.91. The maximum Gasteiger partial charge on any atom is 0.311 e. The lowest BCUT2D eigenvalue weighted by molar-refractivity contribution is -0.385. The fourth-order valence-corrected chi connectivity index (χ4v) is 2.43. The molecule has 1 aliphatic heterocycles. The van der Waals surface area contributed by atoms with E-state index in [1.54, 1.807) is 6.07 Å². The molecule has 0 aliphatic carbocycles. The van der Waals surface area contributed by atoms with Crippen LogP contribution in [0.3, 0.4) is 0 Å². The first-order valence-electron chi connectivity index (χ1n) is 6.28. The highest BCUT2D eigenvalue weighted by Crippen LogP contribution is 2.29. The quantitative estimate of drug-likeness (QED) is 0.455. The van der Waals surface area contributed by atoms with Crippen LogP contribution in [0.1, 0.15) is 24.8 Å². The Balaban J connectivity index is 1.96. The summed E-state index contributed by atoms with van der Waals surface area (Å²) in [5.74, 6) is 0.327. The molecule has 0 radical (unpaired) electrons. The van der Waals surface area contributed by atoms with Gasteiger partial charge in [0.1, 0.15) is 0 Å². The van der Waals surface area contributed by atoms with Crippen molar-refractivity contribution in [2.45, 2.75) is 30.7 Å². The molecule has 2 rings (SSSR count). The number of ether oxygens (including phenoxy) is 2. The van der Waals surface area contributed by atoms with Crippen LogP contribution in [0, 0.1) is 10.1 Å². The lowest BCUT2D eigenvalue weighted by Gasteiger charge is -2.11. The monoisotopic (exact) mass is 329 g/mol. The second kappa shape index (κ2) is 6.86. The summed E-state index contributed by atoms with van der Waals surface area (Å²) in [5, 5.41) is 11.6. The fourth-order valence-electron chi connectivity index (χ4n) is 2.08. The first-order chi connectivity index (χ1) is 9.20. The minimum absolute atomic E-state index is 0.0179. The Labute approximate surface area is 120 Å². The third-order valence-corrected chi connectivity index (χ3v) is 3.74. The summed E-state index contributed by atoms with van der Waals surface area (Å²) in [6, 6.07) is 5.02. The van der Waals surface area contributed by atoms with Gasteiger partial charge in [0.25, 0.3) is 0 Å². The standard InChI is InChI=1S/C13H16BrNO4/c14-9-10-3-4-13(12(8-10)15(16)17)19-7-5-11-2-1-6-18-11/h3-4,8,11H,1-2,5-7,9H2. The highest BCUT2D eigenvalue weighted by atomic mass is 79.9. The van der Waals surface area contributed by atoms with Crippen molar-refractivity contribution in [3.05, 3.63) is 33.9 Å². The van der Waals surface area contributed by atoms with Crippen molar-refractivity contribution in [3.63, 3.8) is 0 Å². The molecule has 1 heterocycles. The molecule has 1 aromatic rings. The first kappa shape index (κ1) is 14.3. The van der Waals surface area contributed by atoms with E-state index < -0.39 is 4.92 Å². The molecule has 6 heteroatoms. The van der Waals surface area contributed by atoms with E-state index in [-0.39, 0.29) is 11.8 Å². The van der Waals surface area contributed by atoms with Crippen LogP contribution in [0.5, 0.6) is 5.75 Å². The average Bonchev–Trinajstić information content (AvgIpc) is 2.92. The number of rotatable bonds is 6. The van der Waals surface area contributed by atoms with Crippen molar-refractivity contribution in [2.24, 2.45) is 0 Å². The van der Waals surface area contributed by atoms with Gasteiger partial charge in [-0.1, -0.05) is 22.0 Å². The van der Waals surface area contributed by atoms with E-state index in [9.17, 15) is 10.1 Å². The highest BCUT2D eigenvalue weighted by molar-refractivity contribution is 9.08. The molecule has 1 saturated heterocycles. The van der Waals surface area contributed by atoms with Crippen LogP contribution in [-0.2, 0) is 10.1 Å². The number of nitrogens with zero attached hydrogens (tertiary/aromatic N) is 1. The summed E-state index contributed by atoms with van der Waals surface area (Å²) < 4.78 is 11.0. The van der Waals surface area contributed by atoms with Gasteiger partial charge in [-0.15, -0.1) is 0 Å². The van der Waals surface area contributed by atoms with Crippen LogP contribution in [0.2, 0.25) is 0 Å². The molecule has 0 amide bonds. The maximum atomic E-state index is 11.0. The zero-order valence-corrected chi connectivity index (χ0v) is 12.1. The molecule has 1 unspecified atom stereocenters. The second-order valence-electron chi connectivity index (χ2n) is 4.46. The highest BCUT2D eigenvalue weighted by Gasteiger charge is 2.18. The van der Waals surface area contributed by atoms with Crippen LogP contribution in [0.4, 0.5) is 5.69 Å². The molecule has 5 nitrogen and oxygen atoms in total. The van der Waals surface area contributed by atoms with Crippen molar-refractivity contribution in [1.82, 2.24) is 0 Å². The van der Waals surface area contributed by atoms with Gasteiger partial charge in [0, 0.05) is 24.4 Å². The largest absolute Gasteiger partial charge is 0.487 e. The smallest absolute Gasteiger partial charge is 0.311 e. The Morgan fingerprint density at radius 2 is 2.37 bits per heavy atom. The molecule has 0 bridgehead atoms. The van der Waals surface area contributed by atoms with Crippen LogP contribution >= 0.6 is 15.9 Å². The minimum atomic E-state index is -0.409. The maximum absolute atomic E-state index is 11.0. The molecule has 0 saturated carbocycles. The SMILES string of the molecule is O=[N+]([O-])c1cc(CBr)ccc1OCCC1CCCO1. The summed E-state index contributed by atoms with van der Waals surface area (Å²) >= 11 is 3.28. The van der Waals surface area contributed by atoms with E-state index in [0.717, 1.165) is 31.4 Å². The molecule has 0 N–H and O–H groups in total. The summed E-state index contributed by atoms with van der Waals surface area (Å²) in [6.45, 7) is 1.25. The van der Waals surface area contributed by atoms with Crippen molar-refractivity contribution in [3.8, 4) is 5.75 Å². The zero-order valence-electron chi connectivity index (χ0n) is 10.5. The van der Waals surface area contributed by atoms with E-state index >= 15 is 0 Å². The van der Waals surface area contributed by atoms with Crippen LogP contribution < -0.4 is 4.74 Å². The first-order valence-corrected chi connectivity index (χ1v) is 7.40. The molecule has 104 valence electrons. The number of hydrogen-bond acceptors (Lipinski definition) is 4. The Morgan fingerprint density at radius 1 is 1.53 bits per heavy atom. The number of hydrogen-bond donors (Lipinski definition) is 0. The molecule has 0 spiro atoms. The molecule has 1 aliphatic rings. The number of alkyl halides is 1. The summed E-state index contributed by atoms with van der Waals surface area (Å²) in [6.07, 6.45) is 3.15. The number of halogens is 1. The van der Waals surface area contributed by atoms with Gasteiger partial charge in [-0.3, -0.25) is 10.1 Å². The van der Waals surface area contributed by atoms with Gasteiger partial charge in [0.15, 0.2) is 5.75 Å². The van der Waals surface area contributed by atoms with Gasteiger partial charge in [-0.25, -0.2) is 0 Å². The predicted molar refractivity (Wildman–Crippen MR) is 74.8 cm³/mol. The van der Waals surface area contributed by atoms with Crippen molar-refractivity contribution < 1.29 is 14.4 Å². The van der Waals surface area contributed by atoms with E-state index in [1.807, 2.05) is 6.07 Å². The Bertz CT molecular complexity index is 446. The van der Waals surface area contributed by atoms with Gasteiger partial charge in [0.05, 0.1) is 17.6 Å². The third-order valence-electron chi connectivity index (χ3n) is 3.10. The lowest BCUT2D eigenvalue weighted by Crippen LogP contribution is -2.11. The van der Waals surface area contributed by atoms with Gasteiger partial charge in [-0.2, -0.15) is 0 Å². The number of nitro benzene ring substituents is 1. The van der Waals surface area contributed by atoms with E-state index in [4.69, 9.17) is 9.47 Å². The molecule has 1 fully saturated rings. The summed E-state index contributed by atoms with van der Waals surface area (Å²) in [5.41, 5.74) is 0.877. The zero-order chi connectivity index (χ0) is 13.7. The number of nitro groups is 1. The van der Waals surface area contributed by atoms with Gasteiger partial charge in [-0.05, 0) is 24.5 Å². The molecular formula is C13H16BrNO4. The Hall–Kier alpha value is -1.14. The Kier molecular flexibility index (Phi) is 5.15. The van der Waals surface area contributed by atoms with Crippen LogP contribution in [0.25, 0.3) is 0 Å². The molecule has 19 heavy (non-hydrogen) atoms. The second-order valence-corrected chi connectivity index (χ2v) is 5.03. The lowest BCUT2D eigenvalue weighted by atomic mass is 10.2. The van der Waals surface area contributed by atoms with Crippen molar-refractivity contribution in [1.29, 1.82) is 0 Å². The van der Waals surface area contributed by atoms with Gasteiger partial charge >= 0.3 is 5.69 Å². The van der Waals surface area contributed by atoms with Crippen LogP contribution in [0.15, 0.2) is 18.2 Å².